The molecule has 0 atom stereocenters. The van der Waals surface area contributed by atoms with Gasteiger partial charge in [0.05, 0.1) is 13.1 Å². The van der Waals surface area contributed by atoms with Gasteiger partial charge in [-0.3, -0.25) is 4.79 Å². The maximum Gasteiger partial charge on any atom is 0.401 e. The van der Waals surface area contributed by atoms with Gasteiger partial charge in [-0.25, -0.2) is 0 Å². The predicted molar refractivity (Wildman–Crippen MR) is 71.2 cm³/mol. The van der Waals surface area contributed by atoms with Crippen molar-refractivity contribution in [3.63, 3.8) is 0 Å². The Morgan fingerprint density at radius 3 is 2.26 bits per heavy atom. The number of alkyl halides is 3. The van der Waals surface area contributed by atoms with Gasteiger partial charge in [0.1, 0.15) is 0 Å². The summed E-state index contributed by atoms with van der Waals surface area (Å²) in [6, 6.07) is 3.65. The number of amides is 1. The van der Waals surface area contributed by atoms with Crippen molar-refractivity contribution in [1.29, 1.82) is 0 Å². The molecule has 2 N–H and O–H groups in total. The van der Waals surface area contributed by atoms with Crippen LogP contribution in [-0.2, 0) is 4.79 Å². The van der Waals surface area contributed by atoms with Gasteiger partial charge in [-0.1, -0.05) is 15.9 Å². The molecule has 0 aliphatic carbocycles. The van der Waals surface area contributed by atoms with Crippen LogP contribution in [0.4, 0.5) is 18.9 Å². The topological polar surface area (TPSA) is 41.1 Å². The Hall–Kier alpha value is -1.08. The third-order valence-electron chi connectivity index (χ3n) is 2.37. The number of carbonyl (C=O) groups excluding carboxylic acids is 1. The van der Waals surface area contributed by atoms with Gasteiger partial charge in [-0.2, -0.15) is 13.2 Å². The molecule has 0 saturated carbocycles. The summed E-state index contributed by atoms with van der Waals surface area (Å²) in [7, 11) is 0. The Morgan fingerprint density at radius 2 is 1.79 bits per heavy atom. The third kappa shape index (κ3) is 5.61. The van der Waals surface area contributed by atoms with Crippen LogP contribution in [-0.4, -0.2) is 25.2 Å². The lowest BCUT2D eigenvalue weighted by molar-refractivity contribution is -0.126. The molecule has 3 nitrogen and oxygen atoms in total. The highest BCUT2D eigenvalue weighted by molar-refractivity contribution is 9.10. The summed E-state index contributed by atoms with van der Waals surface area (Å²) in [6.07, 6.45) is -4.32. The summed E-state index contributed by atoms with van der Waals surface area (Å²) < 4.78 is 36.6. The predicted octanol–water partition coefficient (Wildman–Crippen LogP) is 3.16. The van der Waals surface area contributed by atoms with Crippen molar-refractivity contribution in [1.82, 2.24) is 5.32 Å². The summed E-state index contributed by atoms with van der Waals surface area (Å²) in [4.78, 5) is 11.5. The molecule has 0 radical (unpaired) electrons. The first-order valence-corrected chi connectivity index (χ1v) is 6.32. The van der Waals surface area contributed by atoms with E-state index >= 15 is 0 Å². The molecule has 7 heteroatoms. The zero-order valence-electron chi connectivity index (χ0n) is 10.5. The van der Waals surface area contributed by atoms with Gasteiger partial charge in [-0.05, 0) is 37.1 Å². The molecular formula is C12H14BrF3N2O. The maximum absolute atomic E-state index is 11.9. The van der Waals surface area contributed by atoms with Crippen LogP contribution in [0.2, 0.25) is 0 Å². The van der Waals surface area contributed by atoms with Crippen molar-refractivity contribution >= 4 is 27.5 Å². The van der Waals surface area contributed by atoms with E-state index in [0.717, 1.165) is 15.6 Å². The lowest BCUT2D eigenvalue weighted by Gasteiger charge is -2.13. The fourth-order valence-corrected chi connectivity index (χ4v) is 2.30. The van der Waals surface area contributed by atoms with Gasteiger partial charge in [0.15, 0.2) is 0 Å². The average molecular weight is 339 g/mol. The van der Waals surface area contributed by atoms with Crippen molar-refractivity contribution in [2.24, 2.45) is 0 Å². The van der Waals surface area contributed by atoms with Gasteiger partial charge >= 0.3 is 6.18 Å². The smallest absolute Gasteiger partial charge is 0.324 e. The van der Waals surface area contributed by atoms with Gasteiger partial charge in [-0.15, -0.1) is 0 Å². The molecule has 1 rings (SSSR count). The second kappa shape index (κ2) is 6.38. The van der Waals surface area contributed by atoms with E-state index in [1.807, 2.05) is 31.3 Å². The molecule has 0 unspecified atom stereocenters. The number of aryl methyl sites for hydroxylation is 2. The highest BCUT2D eigenvalue weighted by atomic mass is 79.9. The van der Waals surface area contributed by atoms with E-state index < -0.39 is 18.6 Å². The molecule has 0 aromatic heterocycles. The zero-order chi connectivity index (χ0) is 14.6. The summed E-state index contributed by atoms with van der Waals surface area (Å²) >= 11 is 3.33. The van der Waals surface area contributed by atoms with E-state index in [2.05, 4.69) is 21.2 Å². The quantitative estimate of drug-likeness (QED) is 0.885. The summed E-state index contributed by atoms with van der Waals surface area (Å²) in [6.45, 7) is 2.07. The highest BCUT2D eigenvalue weighted by Gasteiger charge is 2.26. The first kappa shape index (κ1) is 16.0. The van der Waals surface area contributed by atoms with Gasteiger partial charge < -0.3 is 10.6 Å². The van der Waals surface area contributed by atoms with Crippen LogP contribution in [0.1, 0.15) is 11.1 Å². The fourth-order valence-electron chi connectivity index (χ4n) is 1.61. The van der Waals surface area contributed by atoms with Crippen LogP contribution in [0.3, 0.4) is 0 Å². The van der Waals surface area contributed by atoms with E-state index in [0.29, 0.717) is 5.69 Å². The number of hydrogen-bond acceptors (Lipinski definition) is 2. The number of halogens is 4. The van der Waals surface area contributed by atoms with Crippen molar-refractivity contribution < 1.29 is 18.0 Å². The normalized spacial score (nSPS) is 11.5. The molecule has 0 bridgehead atoms. The Kier molecular flexibility index (Phi) is 5.37. The second-order valence-electron chi connectivity index (χ2n) is 4.18. The van der Waals surface area contributed by atoms with Gasteiger partial charge in [0.2, 0.25) is 5.91 Å². The first-order chi connectivity index (χ1) is 8.69. The van der Waals surface area contributed by atoms with Crippen molar-refractivity contribution in [2.45, 2.75) is 20.0 Å². The Bertz CT molecular complexity index is 452. The molecule has 0 aliphatic rings. The Morgan fingerprint density at radius 1 is 1.26 bits per heavy atom. The van der Waals surface area contributed by atoms with Gasteiger partial charge in [0, 0.05) is 10.2 Å². The largest absolute Gasteiger partial charge is 0.401 e. The highest BCUT2D eigenvalue weighted by Crippen LogP contribution is 2.24. The van der Waals surface area contributed by atoms with Crippen LogP contribution < -0.4 is 10.6 Å². The number of anilines is 1. The van der Waals surface area contributed by atoms with Crippen LogP contribution >= 0.6 is 15.9 Å². The summed E-state index contributed by atoms with van der Waals surface area (Å²) in [5.74, 6) is -0.502. The molecule has 1 aromatic rings. The number of rotatable bonds is 4. The Labute approximate surface area is 117 Å². The van der Waals surface area contributed by atoms with Crippen LogP contribution in [0.25, 0.3) is 0 Å². The maximum atomic E-state index is 11.9. The standard InChI is InChI=1S/C12H14BrF3N2O/c1-7-3-9(13)4-8(2)11(7)18-10(19)5-17-6-12(14,15)16/h3-4,17H,5-6H2,1-2H3,(H,18,19). The molecule has 106 valence electrons. The van der Waals surface area contributed by atoms with E-state index in [-0.39, 0.29) is 6.54 Å². The Balaban J connectivity index is 2.58. The van der Waals surface area contributed by atoms with Crippen LogP contribution in [0, 0.1) is 13.8 Å². The number of carbonyl (C=O) groups is 1. The van der Waals surface area contributed by atoms with E-state index in [1.165, 1.54) is 0 Å². The molecule has 0 aliphatic heterocycles. The van der Waals surface area contributed by atoms with Gasteiger partial charge in [0.25, 0.3) is 0 Å². The fraction of sp³-hybridized carbons (Fsp3) is 0.417. The van der Waals surface area contributed by atoms with E-state index in [1.54, 1.807) is 0 Å². The minimum Gasteiger partial charge on any atom is -0.324 e. The third-order valence-corrected chi connectivity index (χ3v) is 2.83. The molecule has 0 saturated heterocycles. The molecule has 1 aromatic carbocycles. The number of hydrogen-bond donors (Lipinski definition) is 2. The molecule has 19 heavy (non-hydrogen) atoms. The average Bonchev–Trinajstić information content (AvgIpc) is 2.21. The first-order valence-electron chi connectivity index (χ1n) is 5.53. The van der Waals surface area contributed by atoms with E-state index in [9.17, 15) is 18.0 Å². The molecular weight excluding hydrogens is 325 g/mol. The molecule has 0 fully saturated rings. The molecule has 0 heterocycles. The second-order valence-corrected chi connectivity index (χ2v) is 5.10. The minimum atomic E-state index is -4.32. The molecule has 0 spiro atoms. The summed E-state index contributed by atoms with van der Waals surface area (Å²) in [5.41, 5.74) is 2.31. The summed E-state index contributed by atoms with van der Waals surface area (Å²) in [5, 5.41) is 4.65. The van der Waals surface area contributed by atoms with Crippen molar-refractivity contribution in [3.05, 3.63) is 27.7 Å². The monoisotopic (exact) mass is 338 g/mol. The van der Waals surface area contributed by atoms with E-state index in [4.69, 9.17) is 0 Å². The van der Waals surface area contributed by atoms with Crippen LogP contribution in [0.5, 0.6) is 0 Å². The lowest BCUT2D eigenvalue weighted by Crippen LogP contribution is -2.35. The molecule has 1 amide bonds. The van der Waals surface area contributed by atoms with Crippen molar-refractivity contribution in [3.8, 4) is 0 Å². The number of benzene rings is 1. The zero-order valence-corrected chi connectivity index (χ0v) is 12.1. The number of nitrogens with one attached hydrogen (secondary N) is 2. The minimum absolute atomic E-state index is 0.381. The lowest BCUT2D eigenvalue weighted by atomic mass is 10.1. The van der Waals surface area contributed by atoms with Crippen LogP contribution in [0.15, 0.2) is 16.6 Å². The SMILES string of the molecule is Cc1cc(Br)cc(C)c1NC(=O)CNCC(F)(F)F. The van der Waals surface area contributed by atoms with Crippen molar-refractivity contribution in [2.75, 3.05) is 18.4 Å².